The van der Waals surface area contributed by atoms with E-state index in [9.17, 15) is 18.0 Å². The molecule has 1 aromatic heterocycles. The maximum absolute atomic E-state index is 12.7. The third kappa shape index (κ3) is 4.63. The van der Waals surface area contributed by atoms with Gasteiger partial charge in [0.15, 0.2) is 12.4 Å². The van der Waals surface area contributed by atoms with Gasteiger partial charge < -0.3 is 4.74 Å². The average Bonchev–Trinajstić information content (AvgIpc) is 3.18. The van der Waals surface area contributed by atoms with Gasteiger partial charge in [0, 0.05) is 24.0 Å². The number of ether oxygens (including phenoxy) is 1. The third-order valence-corrected chi connectivity index (χ3v) is 7.37. The van der Waals surface area contributed by atoms with Crippen LogP contribution in [0.15, 0.2) is 46.7 Å². The second-order valence-corrected chi connectivity index (χ2v) is 9.47. The van der Waals surface area contributed by atoms with E-state index in [1.54, 1.807) is 30.3 Å². The van der Waals surface area contributed by atoms with Crippen LogP contribution in [0.25, 0.3) is 0 Å². The molecule has 1 aliphatic rings. The molecule has 1 aromatic carbocycles. The Labute approximate surface area is 162 Å². The fraction of sp³-hybridized carbons (Fsp3) is 0.368. The molecule has 1 saturated heterocycles. The van der Waals surface area contributed by atoms with Gasteiger partial charge in [-0.2, -0.15) is 4.31 Å². The fourth-order valence-electron chi connectivity index (χ4n) is 2.98. The summed E-state index contributed by atoms with van der Waals surface area (Å²) in [6, 6.07) is 9.87. The number of nitrogens with zero attached hydrogens (tertiary/aromatic N) is 1. The van der Waals surface area contributed by atoms with Crippen molar-refractivity contribution < 1.29 is 22.7 Å². The van der Waals surface area contributed by atoms with Gasteiger partial charge in [-0.1, -0.05) is 37.3 Å². The molecule has 0 N–H and O–H groups in total. The van der Waals surface area contributed by atoms with Crippen LogP contribution in [0.4, 0.5) is 0 Å². The topological polar surface area (TPSA) is 80.8 Å². The first-order chi connectivity index (χ1) is 12.9. The Hall–Kier alpha value is -2.03. The van der Waals surface area contributed by atoms with Gasteiger partial charge >= 0.3 is 5.97 Å². The Morgan fingerprint density at radius 2 is 2.00 bits per heavy atom. The zero-order valence-corrected chi connectivity index (χ0v) is 16.6. The van der Waals surface area contributed by atoms with E-state index in [4.69, 9.17) is 4.74 Å². The van der Waals surface area contributed by atoms with E-state index in [-0.39, 0.29) is 22.2 Å². The molecule has 3 rings (SSSR count). The summed E-state index contributed by atoms with van der Waals surface area (Å²) in [5.41, 5.74) is 0.457. The van der Waals surface area contributed by atoms with Crippen LogP contribution in [-0.2, 0) is 14.8 Å². The molecule has 144 valence electrons. The molecule has 6 nitrogen and oxygen atoms in total. The SMILES string of the molecule is C[C@H]1CCCN(S(=O)(=O)c2csc(C(=O)OCC(=O)c3ccccc3)c2)C1. The molecule has 0 spiro atoms. The molecular formula is C19H21NO5S2. The van der Waals surface area contributed by atoms with Gasteiger partial charge in [0.25, 0.3) is 0 Å². The Bertz CT molecular complexity index is 921. The van der Waals surface area contributed by atoms with Crippen molar-refractivity contribution in [1.29, 1.82) is 0 Å². The first-order valence-electron chi connectivity index (χ1n) is 8.72. The van der Waals surface area contributed by atoms with Gasteiger partial charge in [-0.15, -0.1) is 11.3 Å². The summed E-state index contributed by atoms with van der Waals surface area (Å²) in [6.45, 7) is 2.63. The molecule has 1 atom stereocenters. The summed E-state index contributed by atoms with van der Waals surface area (Å²) in [5.74, 6) is -0.686. The molecule has 2 heterocycles. The first-order valence-corrected chi connectivity index (χ1v) is 11.0. The predicted octanol–water partition coefficient (Wildman–Crippen LogP) is 3.21. The summed E-state index contributed by atoms with van der Waals surface area (Å²) in [7, 11) is -3.61. The van der Waals surface area contributed by atoms with Crippen LogP contribution in [0, 0.1) is 5.92 Å². The van der Waals surface area contributed by atoms with Gasteiger partial charge in [0.2, 0.25) is 10.0 Å². The molecule has 8 heteroatoms. The van der Waals surface area contributed by atoms with Gasteiger partial charge in [0.05, 0.1) is 4.90 Å². The second-order valence-electron chi connectivity index (χ2n) is 6.62. The van der Waals surface area contributed by atoms with E-state index in [1.165, 1.54) is 15.8 Å². The largest absolute Gasteiger partial charge is 0.453 e. The summed E-state index contributed by atoms with van der Waals surface area (Å²) in [6.07, 6.45) is 1.85. The van der Waals surface area contributed by atoms with Crippen molar-refractivity contribution in [2.24, 2.45) is 5.92 Å². The number of rotatable bonds is 6. The molecular weight excluding hydrogens is 386 g/mol. The lowest BCUT2D eigenvalue weighted by Crippen LogP contribution is -2.38. The van der Waals surface area contributed by atoms with Crippen molar-refractivity contribution in [2.45, 2.75) is 24.7 Å². The van der Waals surface area contributed by atoms with E-state index in [1.807, 2.05) is 6.92 Å². The monoisotopic (exact) mass is 407 g/mol. The third-order valence-electron chi connectivity index (χ3n) is 4.46. The maximum Gasteiger partial charge on any atom is 0.348 e. The van der Waals surface area contributed by atoms with E-state index >= 15 is 0 Å². The number of sulfonamides is 1. The summed E-state index contributed by atoms with van der Waals surface area (Å²) in [5, 5.41) is 1.45. The molecule has 2 aromatic rings. The van der Waals surface area contributed by atoms with Crippen LogP contribution >= 0.6 is 11.3 Å². The number of esters is 1. The Balaban J connectivity index is 1.64. The smallest absolute Gasteiger partial charge is 0.348 e. The van der Waals surface area contributed by atoms with Crippen LogP contribution in [-0.4, -0.2) is 44.2 Å². The number of thiophene rings is 1. The highest BCUT2D eigenvalue weighted by Crippen LogP contribution is 2.27. The Morgan fingerprint density at radius 3 is 2.70 bits per heavy atom. The number of Topliss-reactive ketones (excluding diaryl/α,β-unsaturated/α-hetero) is 1. The zero-order chi connectivity index (χ0) is 19.4. The lowest BCUT2D eigenvalue weighted by Gasteiger charge is -2.29. The molecule has 1 aliphatic heterocycles. The number of hydrogen-bond acceptors (Lipinski definition) is 6. The van der Waals surface area contributed by atoms with Crippen molar-refractivity contribution in [3.8, 4) is 0 Å². The lowest BCUT2D eigenvalue weighted by atomic mass is 10.0. The molecule has 1 fully saturated rings. The number of hydrogen-bond donors (Lipinski definition) is 0. The normalized spacial score (nSPS) is 18.2. The van der Waals surface area contributed by atoms with Crippen LogP contribution in [0.2, 0.25) is 0 Å². The van der Waals surface area contributed by atoms with Crippen LogP contribution in [0.3, 0.4) is 0 Å². The van der Waals surface area contributed by atoms with Crippen LogP contribution < -0.4 is 0 Å². The van der Waals surface area contributed by atoms with Crippen molar-refractivity contribution in [1.82, 2.24) is 4.31 Å². The average molecular weight is 408 g/mol. The first kappa shape index (κ1) is 19.7. The van der Waals surface area contributed by atoms with Gasteiger partial charge in [-0.05, 0) is 24.8 Å². The summed E-state index contributed by atoms with van der Waals surface area (Å²) >= 11 is 1.01. The molecule has 0 unspecified atom stereocenters. The highest BCUT2D eigenvalue weighted by atomic mass is 32.2. The summed E-state index contributed by atoms with van der Waals surface area (Å²) < 4.78 is 32.0. The van der Waals surface area contributed by atoms with Crippen molar-refractivity contribution in [2.75, 3.05) is 19.7 Å². The van der Waals surface area contributed by atoms with E-state index in [2.05, 4.69) is 0 Å². The molecule has 0 aliphatic carbocycles. The van der Waals surface area contributed by atoms with Crippen molar-refractivity contribution in [3.05, 3.63) is 52.2 Å². The Kier molecular flexibility index (Phi) is 6.08. The highest BCUT2D eigenvalue weighted by molar-refractivity contribution is 7.89. The van der Waals surface area contributed by atoms with Crippen molar-refractivity contribution >= 4 is 33.1 Å². The zero-order valence-electron chi connectivity index (χ0n) is 15.0. The van der Waals surface area contributed by atoms with Gasteiger partial charge in [-0.25, -0.2) is 13.2 Å². The van der Waals surface area contributed by atoms with Gasteiger partial charge in [-0.3, -0.25) is 4.79 Å². The summed E-state index contributed by atoms with van der Waals surface area (Å²) in [4.78, 5) is 24.4. The van der Waals surface area contributed by atoms with Crippen LogP contribution in [0.5, 0.6) is 0 Å². The molecule has 0 saturated carbocycles. The Morgan fingerprint density at radius 1 is 1.26 bits per heavy atom. The number of benzene rings is 1. The quantitative estimate of drug-likeness (QED) is 0.543. The molecule has 27 heavy (non-hydrogen) atoms. The minimum atomic E-state index is -3.61. The fourth-order valence-corrected chi connectivity index (χ4v) is 5.74. The number of piperidine rings is 1. The lowest BCUT2D eigenvalue weighted by molar-refractivity contribution is 0.0479. The standard InChI is InChI=1S/C19H21NO5S2/c1-14-6-5-9-20(11-14)27(23,24)16-10-18(26-13-16)19(22)25-12-17(21)15-7-3-2-4-8-15/h2-4,7-8,10,13-14H,5-6,9,11-12H2,1H3/t14-/m0/s1. The minimum Gasteiger partial charge on any atom is -0.453 e. The maximum atomic E-state index is 12.7. The van der Waals surface area contributed by atoms with E-state index in [0.717, 1.165) is 24.2 Å². The van der Waals surface area contributed by atoms with E-state index in [0.29, 0.717) is 24.6 Å². The number of carbonyl (C=O) groups excluding carboxylic acids is 2. The highest BCUT2D eigenvalue weighted by Gasteiger charge is 2.30. The molecule has 0 bridgehead atoms. The minimum absolute atomic E-state index is 0.0999. The number of ketones is 1. The predicted molar refractivity (Wildman–Crippen MR) is 103 cm³/mol. The van der Waals surface area contributed by atoms with Crippen LogP contribution in [0.1, 0.15) is 39.8 Å². The molecule has 0 amide bonds. The van der Waals surface area contributed by atoms with Crippen molar-refractivity contribution in [3.63, 3.8) is 0 Å². The second kappa shape index (κ2) is 8.33. The van der Waals surface area contributed by atoms with Gasteiger partial charge in [0.1, 0.15) is 4.88 Å². The number of carbonyl (C=O) groups is 2. The van der Waals surface area contributed by atoms with E-state index < -0.39 is 16.0 Å². The molecule has 0 radical (unpaired) electrons.